The molecule has 0 aliphatic rings. The van der Waals surface area contributed by atoms with Gasteiger partial charge in [0.25, 0.3) is 0 Å². The molecule has 13 heavy (non-hydrogen) atoms. The molecule has 2 unspecified atom stereocenters. The third kappa shape index (κ3) is 5.67. The maximum Gasteiger partial charge on any atom is 0.216 e. The van der Waals surface area contributed by atoms with Crippen LogP contribution in [0.15, 0.2) is 0 Å². The molecule has 0 bridgehead atoms. The highest BCUT2D eigenvalue weighted by molar-refractivity contribution is 5.72. The average Bonchev–Trinajstić information content (AvgIpc) is 2.02. The summed E-state index contributed by atoms with van der Waals surface area (Å²) in [5.41, 5.74) is 0. The van der Waals surface area contributed by atoms with Crippen molar-refractivity contribution < 1.29 is 4.79 Å². The van der Waals surface area contributed by atoms with Crippen LogP contribution in [0.5, 0.6) is 0 Å². The molecule has 0 aromatic heterocycles. The van der Waals surface area contributed by atoms with E-state index in [2.05, 4.69) is 33.0 Å². The normalized spacial score (nSPS) is 15.5. The molecular formula is C11H23NO. The molecule has 0 aromatic carbocycles. The predicted molar refractivity (Wildman–Crippen MR) is 56.5 cm³/mol. The van der Waals surface area contributed by atoms with Crippen molar-refractivity contribution in [2.75, 3.05) is 6.54 Å². The van der Waals surface area contributed by atoms with Crippen LogP contribution in [-0.2, 0) is 4.79 Å². The van der Waals surface area contributed by atoms with Crippen LogP contribution < -0.4 is 5.32 Å². The SMILES string of the molecule is CC(=O)NCCC(C)C(C)C(C)C. The Morgan fingerprint density at radius 2 is 1.77 bits per heavy atom. The van der Waals surface area contributed by atoms with Crippen LogP contribution in [0.3, 0.4) is 0 Å². The number of hydrogen-bond acceptors (Lipinski definition) is 1. The van der Waals surface area contributed by atoms with Gasteiger partial charge in [-0.3, -0.25) is 4.79 Å². The molecule has 1 N–H and O–H groups in total. The Hall–Kier alpha value is -0.530. The Bertz CT molecular complexity index is 154. The van der Waals surface area contributed by atoms with E-state index in [0.29, 0.717) is 5.92 Å². The third-order valence-electron chi connectivity index (χ3n) is 2.92. The zero-order valence-corrected chi connectivity index (χ0v) is 9.55. The van der Waals surface area contributed by atoms with E-state index in [9.17, 15) is 4.79 Å². The highest BCUT2D eigenvalue weighted by Gasteiger charge is 2.14. The summed E-state index contributed by atoms with van der Waals surface area (Å²) >= 11 is 0. The second-order valence-electron chi connectivity index (χ2n) is 4.35. The summed E-state index contributed by atoms with van der Waals surface area (Å²) in [5, 5.41) is 2.83. The summed E-state index contributed by atoms with van der Waals surface area (Å²) in [6.07, 6.45) is 1.08. The van der Waals surface area contributed by atoms with E-state index in [1.165, 1.54) is 0 Å². The first-order chi connectivity index (χ1) is 5.95. The first-order valence-electron chi connectivity index (χ1n) is 5.19. The lowest BCUT2D eigenvalue weighted by Gasteiger charge is -2.23. The van der Waals surface area contributed by atoms with Crippen molar-refractivity contribution in [3.8, 4) is 0 Å². The fraction of sp³-hybridized carbons (Fsp3) is 0.909. The molecule has 0 aliphatic carbocycles. The molecule has 0 aromatic rings. The first-order valence-corrected chi connectivity index (χ1v) is 5.19. The first kappa shape index (κ1) is 12.5. The van der Waals surface area contributed by atoms with E-state index in [-0.39, 0.29) is 5.91 Å². The largest absolute Gasteiger partial charge is 0.356 e. The van der Waals surface area contributed by atoms with Gasteiger partial charge < -0.3 is 5.32 Å². The van der Waals surface area contributed by atoms with Crippen LogP contribution in [-0.4, -0.2) is 12.5 Å². The van der Waals surface area contributed by atoms with Crippen LogP contribution in [0.4, 0.5) is 0 Å². The zero-order chi connectivity index (χ0) is 10.4. The molecule has 0 saturated carbocycles. The zero-order valence-electron chi connectivity index (χ0n) is 9.55. The topological polar surface area (TPSA) is 29.1 Å². The summed E-state index contributed by atoms with van der Waals surface area (Å²) in [4.78, 5) is 10.6. The van der Waals surface area contributed by atoms with Gasteiger partial charge in [-0.1, -0.05) is 27.7 Å². The molecule has 2 atom stereocenters. The summed E-state index contributed by atoms with van der Waals surface area (Å²) in [6, 6.07) is 0. The van der Waals surface area contributed by atoms with E-state index in [4.69, 9.17) is 0 Å². The number of carbonyl (C=O) groups excluding carboxylic acids is 1. The second-order valence-corrected chi connectivity index (χ2v) is 4.35. The van der Waals surface area contributed by atoms with Crippen LogP contribution in [0.2, 0.25) is 0 Å². The van der Waals surface area contributed by atoms with Crippen molar-refractivity contribution >= 4 is 5.91 Å². The summed E-state index contributed by atoms with van der Waals surface area (Å²) in [7, 11) is 0. The lowest BCUT2D eigenvalue weighted by molar-refractivity contribution is -0.119. The van der Waals surface area contributed by atoms with Crippen molar-refractivity contribution in [3.05, 3.63) is 0 Å². The molecule has 2 heteroatoms. The van der Waals surface area contributed by atoms with E-state index in [1.54, 1.807) is 6.92 Å². The number of carbonyl (C=O) groups is 1. The Kier molecular flexibility index (Phi) is 5.76. The smallest absolute Gasteiger partial charge is 0.216 e. The lowest BCUT2D eigenvalue weighted by atomic mass is 9.84. The minimum absolute atomic E-state index is 0.0735. The Labute approximate surface area is 82.1 Å². The van der Waals surface area contributed by atoms with Crippen LogP contribution in [0, 0.1) is 17.8 Å². The molecule has 0 saturated heterocycles. The second kappa shape index (κ2) is 6.01. The number of nitrogens with one attached hydrogen (secondary N) is 1. The van der Waals surface area contributed by atoms with Gasteiger partial charge in [-0.05, 0) is 24.2 Å². The Morgan fingerprint density at radius 1 is 1.23 bits per heavy atom. The summed E-state index contributed by atoms with van der Waals surface area (Å²) in [6.45, 7) is 11.4. The van der Waals surface area contributed by atoms with Crippen molar-refractivity contribution in [1.29, 1.82) is 0 Å². The number of rotatable bonds is 5. The van der Waals surface area contributed by atoms with E-state index >= 15 is 0 Å². The van der Waals surface area contributed by atoms with Gasteiger partial charge in [0.2, 0.25) is 5.91 Å². The van der Waals surface area contributed by atoms with Gasteiger partial charge in [-0.25, -0.2) is 0 Å². The van der Waals surface area contributed by atoms with Crippen molar-refractivity contribution in [3.63, 3.8) is 0 Å². The molecule has 2 nitrogen and oxygen atoms in total. The number of hydrogen-bond donors (Lipinski definition) is 1. The predicted octanol–water partition coefficient (Wildman–Crippen LogP) is 2.44. The monoisotopic (exact) mass is 185 g/mol. The third-order valence-corrected chi connectivity index (χ3v) is 2.92. The Morgan fingerprint density at radius 3 is 2.15 bits per heavy atom. The fourth-order valence-electron chi connectivity index (χ4n) is 1.40. The van der Waals surface area contributed by atoms with E-state index in [1.807, 2.05) is 0 Å². The molecule has 0 heterocycles. The van der Waals surface area contributed by atoms with Crippen molar-refractivity contribution in [1.82, 2.24) is 5.32 Å². The van der Waals surface area contributed by atoms with Crippen molar-refractivity contribution in [2.45, 2.75) is 41.0 Å². The van der Waals surface area contributed by atoms with Gasteiger partial charge in [0, 0.05) is 13.5 Å². The highest BCUT2D eigenvalue weighted by Crippen LogP contribution is 2.22. The van der Waals surface area contributed by atoms with Gasteiger partial charge in [-0.15, -0.1) is 0 Å². The minimum Gasteiger partial charge on any atom is -0.356 e. The molecule has 0 fully saturated rings. The highest BCUT2D eigenvalue weighted by atomic mass is 16.1. The van der Waals surface area contributed by atoms with Crippen molar-refractivity contribution in [2.24, 2.45) is 17.8 Å². The van der Waals surface area contributed by atoms with Gasteiger partial charge >= 0.3 is 0 Å². The molecule has 0 aliphatic heterocycles. The quantitative estimate of drug-likeness (QED) is 0.700. The average molecular weight is 185 g/mol. The number of amides is 1. The molecule has 0 spiro atoms. The Balaban J connectivity index is 3.61. The van der Waals surface area contributed by atoms with E-state index in [0.717, 1.165) is 24.8 Å². The molecule has 0 radical (unpaired) electrons. The molecule has 0 rings (SSSR count). The minimum atomic E-state index is 0.0735. The van der Waals surface area contributed by atoms with Gasteiger partial charge in [0.05, 0.1) is 0 Å². The van der Waals surface area contributed by atoms with Gasteiger partial charge in [-0.2, -0.15) is 0 Å². The van der Waals surface area contributed by atoms with Gasteiger partial charge in [0.15, 0.2) is 0 Å². The maximum atomic E-state index is 10.6. The van der Waals surface area contributed by atoms with Crippen LogP contribution >= 0.6 is 0 Å². The van der Waals surface area contributed by atoms with Crippen LogP contribution in [0.25, 0.3) is 0 Å². The molecular weight excluding hydrogens is 162 g/mol. The van der Waals surface area contributed by atoms with Gasteiger partial charge in [0.1, 0.15) is 0 Å². The summed E-state index contributed by atoms with van der Waals surface area (Å²) < 4.78 is 0. The van der Waals surface area contributed by atoms with E-state index < -0.39 is 0 Å². The lowest BCUT2D eigenvalue weighted by Crippen LogP contribution is -2.25. The van der Waals surface area contributed by atoms with Crippen LogP contribution in [0.1, 0.15) is 41.0 Å². The standard InChI is InChI=1S/C11H23NO/c1-8(2)10(4)9(3)6-7-12-11(5)13/h8-10H,6-7H2,1-5H3,(H,12,13). The fourth-order valence-corrected chi connectivity index (χ4v) is 1.40. The summed E-state index contributed by atoms with van der Waals surface area (Å²) in [5.74, 6) is 2.22. The molecule has 78 valence electrons. The molecule has 1 amide bonds. The maximum absolute atomic E-state index is 10.6.